The summed E-state index contributed by atoms with van der Waals surface area (Å²) in [6.07, 6.45) is 0.658. The molecular formula is C24H29N5O3S. The first kappa shape index (κ1) is 22.8. The molecule has 1 aliphatic heterocycles. The number of carbonyl (C=O) groups excluding carboxylic acids is 1. The normalized spacial score (nSPS) is 15.9. The second-order valence-electron chi connectivity index (χ2n) is 7.87. The molecule has 4 rings (SSSR count). The van der Waals surface area contributed by atoms with Crippen molar-refractivity contribution >= 4 is 28.4 Å². The van der Waals surface area contributed by atoms with Gasteiger partial charge < -0.3 is 24.6 Å². The minimum absolute atomic E-state index is 0.0312. The molecule has 1 saturated heterocycles. The SMILES string of the molecule is CCOc1ccccc1NC(=O)N1CCN(c2nc(Cc3cccc(OC)c3)ns2)CC1C. The average Bonchev–Trinajstić information content (AvgIpc) is 3.29. The van der Waals surface area contributed by atoms with Gasteiger partial charge in [-0.15, -0.1) is 0 Å². The van der Waals surface area contributed by atoms with E-state index >= 15 is 0 Å². The molecule has 0 bridgehead atoms. The number of para-hydroxylation sites is 2. The highest BCUT2D eigenvalue weighted by atomic mass is 32.1. The highest BCUT2D eigenvalue weighted by Crippen LogP contribution is 2.26. The Morgan fingerprint density at radius 1 is 1.21 bits per heavy atom. The van der Waals surface area contributed by atoms with Crippen LogP contribution in [0.25, 0.3) is 0 Å². The van der Waals surface area contributed by atoms with Crippen LogP contribution < -0.4 is 19.7 Å². The standard InChI is InChI=1S/C24H29N5O3S/c1-4-32-21-11-6-5-10-20(21)25-23(30)29-13-12-28(16-17(29)2)24-26-22(27-33-24)15-18-8-7-9-19(14-18)31-3/h5-11,14,17H,4,12-13,15-16H2,1-3H3,(H,25,30). The first-order chi connectivity index (χ1) is 16.1. The monoisotopic (exact) mass is 467 g/mol. The summed E-state index contributed by atoms with van der Waals surface area (Å²) >= 11 is 1.40. The van der Waals surface area contributed by atoms with Gasteiger partial charge in [-0.3, -0.25) is 0 Å². The summed E-state index contributed by atoms with van der Waals surface area (Å²) in [5.41, 5.74) is 1.80. The first-order valence-electron chi connectivity index (χ1n) is 11.1. The number of piperazine rings is 1. The molecule has 2 amide bonds. The number of urea groups is 1. The summed E-state index contributed by atoms with van der Waals surface area (Å²) in [4.78, 5) is 21.8. The third kappa shape index (κ3) is 5.54. The smallest absolute Gasteiger partial charge is 0.322 e. The zero-order valence-electron chi connectivity index (χ0n) is 19.2. The average molecular weight is 468 g/mol. The fourth-order valence-corrected chi connectivity index (χ4v) is 4.60. The molecule has 0 saturated carbocycles. The lowest BCUT2D eigenvalue weighted by Crippen LogP contribution is -2.55. The fourth-order valence-electron chi connectivity index (χ4n) is 3.88. The number of nitrogens with zero attached hydrogens (tertiary/aromatic N) is 4. The van der Waals surface area contributed by atoms with Gasteiger partial charge in [0, 0.05) is 43.6 Å². The zero-order valence-corrected chi connectivity index (χ0v) is 20.0. The zero-order chi connectivity index (χ0) is 23.2. The molecule has 2 aromatic carbocycles. The van der Waals surface area contributed by atoms with Crippen molar-refractivity contribution in [1.29, 1.82) is 0 Å². The minimum Gasteiger partial charge on any atom is -0.497 e. The number of carbonyl (C=O) groups is 1. The molecule has 3 aromatic rings. The summed E-state index contributed by atoms with van der Waals surface area (Å²) in [7, 11) is 1.66. The Balaban J connectivity index is 1.36. The van der Waals surface area contributed by atoms with Crippen LogP contribution in [-0.4, -0.2) is 59.7 Å². The van der Waals surface area contributed by atoms with Gasteiger partial charge in [-0.1, -0.05) is 24.3 Å². The van der Waals surface area contributed by atoms with Crippen LogP contribution in [0.15, 0.2) is 48.5 Å². The number of benzene rings is 2. The summed E-state index contributed by atoms with van der Waals surface area (Å²) < 4.78 is 15.5. The molecule has 2 heterocycles. The molecule has 8 nitrogen and oxygen atoms in total. The number of nitrogens with one attached hydrogen (secondary N) is 1. The third-order valence-corrected chi connectivity index (χ3v) is 6.36. The van der Waals surface area contributed by atoms with Crippen molar-refractivity contribution in [3.63, 3.8) is 0 Å². The Hall–Kier alpha value is -3.33. The molecule has 9 heteroatoms. The second-order valence-corrected chi connectivity index (χ2v) is 8.60. The molecule has 1 atom stereocenters. The number of hydrogen-bond acceptors (Lipinski definition) is 7. The number of rotatable bonds is 7. The topological polar surface area (TPSA) is 79.8 Å². The van der Waals surface area contributed by atoms with Crippen LogP contribution in [0, 0.1) is 0 Å². The molecule has 174 valence electrons. The van der Waals surface area contributed by atoms with Gasteiger partial charge in [0.2, 0.25) is 5.13 Å². The van der Waals surface area contributed by atoms with Crippen LogP contribution in [0.2, 0.25) is 0 Å². The van der Waals surface area contributed by atoms with Crippen LogP contribution in [0.5, 0.6) is 11.5 Å². The highest BCUT2D eigenvalue weighted by Gasteiger charge is 2.29. The third-order valence-electron chi connectivity index (χ3n) is 5.54. The van der Waals surface area contributed by atoms with Crippen molar-refractivity contribution in [2.45, 2.75) is 26.3 Å². The van der Waals surface area contributed by atoms with Crippen molar-refractivity contribution < 1.29 is 14.3 Å². The van der Waals surface area contributed by atoms with Gasteiger partial charge in [0.15, 0.2) is 0 Å². The van der Waals surface area contributed by atoms with Gasteiger partial charge >= 0.3 is 6.03 Å². The maximum absolute atomic E-state index is 12.9. The van der Waals surface area contributed by atoms with Crippen molar-refractivity contribution in [2.75, 3.05) is 43.6 Å². The van der Waals surface area contributed by atoms with E-state index in [-0.39, 0.29) is 12.1 Å². The predicted molar refractivity (Wildman–Crippen MR) is 131 cm³/mol. The van der Waals surface area contributed by atoms with E-state index in [1.165, 1.54) is 11.5 Å². The summed E-state index contributed by atoms with van der Waals surface area (Å²) in [6.45, 7) is 6.54. The maximum Gasteiger partial charge on any atom is 0.322 e. The van der Waals surface area contributed by atoms with Crippen LogP contribution in [0.1, 0.15) is 25.2 Å². The van der Waals surface area contributed by atoms with Crippen LogP contribution in [-0.2, 0) is 6.42 Å². The van der Waals surface area contributed by atoms with Crippen LogP contribution >= 0.6 is 11.5 Å². The predicted octanol–water partition coefficient (Wildman–Crippen LogP) is 4.28. The van der Waals surface area contributed by atoms with Gasteiger partial charge in [-0.2, -0.15) is 4.37 Å². The van der Waals surface area contributed by atoms with E-state index in [1.807, 2.05) is 60.4 Å². The second kappa shape index (κ2) is 10.5. The summed E-state index contributed by atoms with van der Waals surface area (Å²) in [5.74, 6) is 2.30. The molecule has 1 N–H and O–H groups in total. The number of amides is 2. The van der Waals surface area contributed by atoms with Crippen molar-refractivity contribution in [3.8, 4) is 11.5 Å². The Morgan fingerprint density at radius 2 is 2.06 bits per heavy atom. The molecule has 0 spiro atoms. The van der Waals surface area contributed by atoms with Gasteiger partial charge in [0.05, 0.1) is 19.4 Å². The lowest BCUT2D eigenvalue weighted by atomic mass is 10.1. The van der Waals surface area contributed by atoms with E-state index < -0.39 is 0 Å². The molecule has 1 aromatic heterocycles. The van der Waals surface area contributed by atoms with E-state index in [9.17, 15) is 4.79 Å². The van der Waals surface area contributed by atoms with E-state index in [0.717, 1.165) is 22.3 Å². The van der Waals surface area contributed by atoms with Crippen LogP contribution in [0.4, 0.5) is 15.6 Å². The molecule has 1 unspecified atom stereocenters. The molecule has 33 heavy (non-hydrogen) atoms. The lowest BCUT2D eigenvalue weighted by Gasteiger charge is -2.39. The molecule has 1 fully saturated rings. The number of methoxy groups -OCH3 is 1. The van der Waals surface area contributed by atoms with Gasteiger partial charge in [-0.05, 0) is 43.7 Å². The fraction of sp³-hybridized carbons (Fsp3) is 0.375. The van der Waals surface area contributed by atoms with Gasteiger partial charge in [0.1, 0.15) is 17.3 Å². The van der Waals surface area contributed by atoms with E-state index in [4.69, 9.17) is 14.5 Å². The Kier molecular flexibility index (Phi) is 7.29. The largest absolute Gasteiger partial charge is 0.497 e. The van der Waals surface area contributed by atoms with Gasteiger partial charge in [0.25, 0.3) is 0 Å². The Labute approximate surface area is 198 Å². The number of aromatic nitrogens is 2. The molecule has 0 aliphatic carbocycles. The Bertz CT molecular complexity index is 1090. The van der Waals surface area contributed by atoms with Crippen molar-refractivity contribution in [3.05, 3.63) is 59.9 Å². The first-order valence-corrected chi connectivity index (χ1v) is 11.8. The van der Waals surface area contributed by atoms with E-state index in [2.05, 4.69) is 21.5 Å². The van der Waals surface area contributed by atoms with Gasteiger partial charge in [-0.25, -0.2) is 9.78 Å². The van der Waals surface area contributed by atoms with Crippen molar-refractivity contribution in [2.24, 2.45) is 0 Å². The van der Waals surface area contributed by atoms with Crippen LogP contribution in [0.3, 0.4) is 0 Å². The van der Waals surface area contributed by atoms with Crippen molar-refractivity contribution in [1.82, 2.24) is 14.3 Å². The number of hydrogen-bond donors (Lipinski definition) is 1. The Morgan fingerprint density at radius 3 is 2.85 bits per heavy atom. The molecule has 0 radical (unpaired) electrons. The highest BCUT2D eigenvalue weighted by molar-refractivity contribution is 7.09. The number of anilines is 2. The summed E-state index contributed by atoms with van der Waals surface area (Å²) in [6, 6.07) is 15.4. The van der Waals surface area contributed by atoms with E-state index in [0.29, 0.717) is 44.1 Å². The minimum atomic E-state index is -0.120. The maximum atomic E-state index is 12.9. The van der Waals surface area contributed by atoms with E-state index in [1.54, 1.807) is 7.11 Å². The quantitative estimate of drug-likeness (QED) is 0.559. The number of ether oxygens (including phenoxy) is 2. The lowest BCUT2D eigenvalue weighted by molar-refractivity contribution is 0.184. The molecule has 1 aliphatic rings. The summed E-state index contributed by atoms with van der Waals surface area (Å²) in [5, 5.41) is 3.89. The molecular weight excluding hydrogens is 438 g/mol.